The van der Waals surface area contributed by atoms with Crippen LogP contribution in [0, 0.1) is 0 Å². The summed E-state index contributed by atoms with van der Waals surface area (Å²) in [6.07, 6.45) is 0.326. The molecule has 10 heteroatoms. The minimum absolute atomic E-state index is 0.0309. The molecule has 0 spiro atoms. The van der Waals surface area contributed by atoms with Crippen LogP contribution in [0.5, 0.6) is 0 Å². The van der Waals surface area contributed by atoms with E-state index in [4.69, 9.17) is 18.3 Å². The van der Waals surface area contributed by atoms with Crippen molar-refractivity contribution in [3.8, 4) is 0 Å². The lowest BCUT2D eigenvalue weighted by atomic mass is 10.1. The standard InChI is InChI=1S/C16H36O8P2/c1-10-14(4,5)23-26(19,20)24-15(6,7)11-12-21-16(8,9)25(17,18)22-13(2)3/h13H,10-12H2,1-9H3,(H,17,18)(H,19,20). The van der Waals surface area contributed by atoms with Crippen LogP contribution in [0.3, 0.4) is 0 Å². The van der Waals surface area contributed by atoms with Gasteiger partial charge in [-0.25, -0.2) is 4.57 Å². The van der Waals surface area contributed by atoms with Crippen molar-refractivity contribution in [2.75, 3.05) is 6.61 Å². The van der Waals surface area contributed by atoms with Gasteiger partial charge in [-0.15, -0.1) is 0 Å². The highest BCUT2D eigenvalue weighted by atomic mass is 31.2. The molecule has 0 bridgehead atoms. The Morgan fingerprint density at radius 2 is 1.38 bits per heavy atom. The van der Waals surface area contributed by atoms with Crippen molar-refractivity contribution in [2.45, 2.75) is 97.8 Å². The van der Waals surface area contributed by atoms with Gasteiger partial charge in [0.15, 0.2) is 5.34 Å². The Kier molecular flexibility index (Phi) is 9.22. The van der Waals surface area contributed by atoms with Gasteiger partial charge in [0.2, 0.25) is 0 Å². The van der Waals surface area contributed by atoms with Crippen LogP contribution in [0.2, 0.25) is 0 Å². The van der Waals surface area contributed by atoms with Gasteiger partial charge in [0, 0.05) is 0 Å². The first kappa shape index (κ1) is 26.2. The summed E-state index contributed by atoms with van der Waals surface area (Å²) in [7, 11) is -8.27. The first-order chi connectivity index (χ1) is 11.3. The molecule has 2 unspecified atom stereocenters. The van der Waals surface area contributed by atoms with Crippen molar-refractivity contribution in [3.05, 3.63) is 0 Å². The molecule has 0 aliphatic rings. The van der Waals surface area contributed by atoms with Gasteiger partial charge in [-0.1, -0.05) is 6.92 Å². The van der Waals surface area contributed by atoms with Crippen LogP contribution in [0.4, 0.5) is 0 Å². The lowest BCUT2D eigenvalue weighted by Gasteiger charge is -2.34. The van der Waals surface area contributed by atoms with E-state index in [0.29, 0.717) is 6.42 Å². The number of phosphoric acid groups is 1. The topological polar surface area (TPSA) is 112 Å². The zero-order valence-corrected chi connectivity index (χ0v) is 19.2. The van der Waals surface area contributed by atoms with E-state index in [1.165, 1.54) is 13.8 Å². The summed E-state index contributed by atoms with van der Waals surface area (Å²) in [4.78, 5) is 20.0. The van der Waals surface area contributed by atoms with Crippen LogP contribution in [-0.2, 0) is 27.4 Å². The third-order valence-corrected chi connectivity index (χ3v) is 7.42. The number of rotatable bonds is 12. The highest BCUT2D eigenvalue weighted by molar-refractivity contribution is 7.54. The maximum absolute atomic E-state index is 12.3. The molecule has 0 heterocycles. The third-order valence-electron chi connectivity index (χ3n) is 3.77. The molecule has 2 atom stereocenters. The number of phosphoric ester groups is 1. The summed E-state index contributed by atoms with van der Waals surface area (Å²) in [6.45, 7) is 14.8. The SMILES string of the molecule is CCC(C)(C)OP(=O)(O)OC(C)(C)CCOC(C)(C)P(=O)(O)OC(C)C. The van der Waals surface area contributed by atoms with Crippen molar-refractivity contribution >= 4 is 15.4 Å². The van der Waals surface area contributed by atoms with Crippen molar-refractivity contribution < 1.29 is 37.2 Å². The average molecular weight is 418 g/mol. The Morgan fingerprint density at radius 1 is 0.923 bits per heavy atom. The zero-order chi connectivity index (χ0) is 21.0. The van der Waals surface area contributed by atoms with Crippen molar-refractivity contribution in [1.82, 2.24) is 0 Å². The molecule has 0 rings (SSSR count). The predicted molar refractivity (Wildman–Crippen MR) is 101 cm³/mol. The van der Waals surface area contributed by atoms with Crippen LogP contribution >= 0.6 is 15.4 Å². The van der Waals surface area contributed by atoms with E-state index in [1.807, 2.05) is 6.92 Å². The van der Waals surface area contributed by atoms with Gasteiger partial charge in [-0.3, -0.25) is 13.6 Å². The number of hydrogen-bond acceptors (Lipinski definition) is 6. The fraction of sp³-hybridized carbons (Fsp3) is 1.00. The Labute approximate surface area is 157 Å². The lowest BCUT2D eigenvalue weighted by Crippen LogP contribution is -2.32. The first-order valence-corrected chi connectivity index (χ1v) is 11.8. The number of ether oxygens (including phenoxy) is 1. The van der Waals surface area contributed by atoms with Gasteiger partial charge >= 0.3 is 15.4 Å². The van der Waals surface area contributed by atoms with Crippen LogP contribution in [0.1, 0.15) is 75.2 Å². The molecule has 0 aromatic carbocycles. The van der Waals surface area contributed by atoms with Crippen LogP contribution in [0.25, 0.3) is 0 Å². The second-order valence-electron chi connectivity index (χ2n) is 8.24. The fourth-order valence-corrected chi connectivity index (χ4v) is 4.38. The monoisotopic (exact) mass is 418 g/mol. The largest absolute Gasteiger partial charge is 0.473 e. The molecule has 0 saturated carbocycles. The molecule has 0 saturated heterocycles. The Balaban J connectivity index is 4.79. The molecule has 0 aliphatic heterocycles. The molecule has 0 fully saturated rings. The van der Waals surface area contributed by atoms with E-state index in [1.54, 1.807) is 41.5 Å². The summed E-state index contributed by atoms with van der Waals surface area (Å²) < 4.78 is 45.6. The Bertz CT molecular complexity index is 542. The molecular weight excluding hydrogens is 382 g/mol. The molecule has 0 aromatic heterocycles. The van der Waals surface area contributed by atoms with Gasteiger partial charge in [-0.05, 0) is 68.2 Å². The summed E-state index contributed by atoms with van der Waals surface area (Å²) in [5, 5.41) is -1.42. The van der Waals surface area contributed by atoms with Crippen molar-refractivity contribution in [1.29, 1.82) is 0 Å². The van der Waals surface area contributed by atoms with Gasteiger partial charge in [0.05, 0.1) is 23.9 Å². The minimum Gasteiger partial charge on any atom is -0.363 e. The summed E-state index contributed by atoms with van der Waals surface area (Å²) in [6, 6.07) is 0. The molecule has 2 N–H and O–H groups in total. The van der Waals surface area contributed by atoms with Crippen LogP contribution in [0.15, 0.2) is 0 Å². The van der Waals surface area contributed by atoms with Crippen LogP contribution < -0.4 is 0 Å². The zero-order valence-electron chi connectivity index (χ0n) is 17.4. The van der Waals surface area contributed by atoms with E-state index in [-0.39, 0.29) is 13.0 Å². The third kappa shape index (κ3) is 9.43. The van der Waals surface area contributed by atoms with Gasteiger partial charge < -0.3 is 19.0 Å². The Hall–Kier alpha value is 0.220. The molecule has 8 nitrogen and oxygen atoms in total. The highest BCUT2D eigenvalue weighted by Crippen LogP contribution is 2.57. The van der Waals surface area contributed by atoms with Crippen molar-refractivity contribution in [3.63, 3.8) is 0 Å². The molecule has 0 radical (unpaired) electrons. The molecule has 0 aromatic rings. The van der Waals surface area contributed by atoms with E-state index >= 15 is 0 Å². The predicted octanol–water partition coefficient (Wildman–Crippen LogP) is 4.84. The quantitative estimate of drug-likeness (QED) is 0.433. The second kappa shape index (κ2) is 9.15. The Morgan fingerprint density at radius 3 is 1.81 bits per heavy atom. The van der Waals surface area contributed by atoms with Gasteiger partial charge in [0.1, 0.15) is 0 Å². The lowest BCUT2D eigenvalue weighted by molar-refractivity contribution is -0.0344. The average Bonchev–Trinajstić information content (AvgIpc) is 2.33. The van der Waals surface area contributed by atoms with Crippen LogP contribution in [-0.4, -0.2) is 39.0 Å². The maximum atomic E-state index is 12.3. The molecule has 0 aliphatic carbocycles. The normalized spacial score (nSPS) is 18.6. The van der Waals surface area contributed by atoms with E-state index in [9.17, 15) is 18.9 Å². The molecular formula is C16H36O8P2. The fourth-order valence-electron chi connectivity index (χ4n) is 1.79. The summed E-state index contributed by atoms with van der Waals surface area (Å²) in [5.41, 5.74) is -1.83. The smallest absolute Gasteiger partial charge is 0.363 e. The molecule has 158 valence electrons. The first-order valence-electron chi connectivity index (χ1n) is 8.74. The van der Waals surface area contributed by atoms with Gasteiger partial charge in [0.25, 0.3) is 0 Å². The number of hydrogen-bond donors (Lipinski definition) is 2. The van der Waals surface area contributed by atoms with Gasteiger partial charge in [-0.2, -0.15) is 0 Å². The minimum atomic E-state index is -4.27. The summed E-state index contributed by atoms with van der Waals surface area (Å²) >= 11 is 0. The highest BCUT2D eigenvalue weighted by Gasteiger charge is 2.43. The molecule has 26 heavy (non-hydrogen) atoms. The molecule has 0 amide bonds. The summed E-state index contributed by atoms with van der Waals surface area (Å²) in [5.74, 6) is 0. The van der Waals surface area contributed by atoms with E-state index in [2.05, 4.69) is 0 Å². The van der Waals surface area contributed by atoms with E-state index in [0.717, 1.165) is 0 Å². The van der Waals surface area contributed by atoms with Crippen molar-refractivity contribution in [2.24, 2.45) is 0 Å². The maximum Gasteiger partial charge on any atom is 0.473 e. The second-order valence-corrected chi connectivity index (χ2v) is 11.9. The van der Waals surface area contributed by atoms with E-state index < -0.39 is 38.1 Å².